The van der Waals surface area contributed by atoms with Gasteiger partial charge in [-0.05, 0) is 61.3 Å². The molecule has 0 aromatic heterocycles. The van der Waals surface area contributed by atoms with Crippen molar-refractivity contribution in [3.8, 4) is 5.75 Å². The first kappa shape index (κ1) is 25.9. The maximum Gasteiger partial charge on any atom is 0.337 e. The normalized spacial score (nSPS) is 14.9. The third-order valence-corrected chi connectivity index (χ3v) is 5.60. The van der Waals surface area contributed by atoms with Crippen LogP contribution in [0.4, 0.5) is 0 Å². The molecule has 1 fully saturated rings. The van der Waals surface area contributed by atoms with Gasteiger partial charge in [0.1, 0.15) is 5.75 Å². The van der Waals surface area contributed by atoms with Crippen molar-refractivity contribution in [2.24, 2.45) is 4.99 Å². The Kier molecular flexibility index (Phi) is 10.8. The van der Waals surface area contributed by atoms with Gasteiger partial charge in [-0.15, -0.1) is 24.0 Å². The molecule has 0 spiro atoms. The molecule has 0 radical (unpaired) electrons. The molecule has 0 bridgehead atoms. The second-order valence-electron chi connectivity index (χ2n) is 7.53. The molecule has 0 aliphatic carbocycles. The number of likely N-dealkylation sites (tertiary alicyclic amines) is 1. The maximum absolute atomic E-state index is 11.6. The SMILES string of the molecule is CN=C(NCc1ccc(C(=O)OC)cc1)NCC(c1ccc(OC)cc1)N1CCCC1.I. The Bertz CT molecular complexity index is 866. The highest BCUT2D eigenvalue weighted by atomic mass is 127. The molecule has 2 N–H and O–H groups in total. The largest absolute Gasteiger partial charge is 0.497 e. The molecule has 1 atom stereocenters. The highest BCUT2D eigenvalue weighted by molar-refractivity contribution is 14.0. The summed E-state index contributed by atoms with van der Waals surface area (Å²) in [6.07, 6.45) is 2.47. The van der Waals surface area contributed by atoms with Crippen molar-refractivity contribution in [3.63, 3.8) is 0 Å². The van der Waals surface area contributed by atoms with Gasteiger partial charge < -0.3 is 20.1 Å². The van der Waals surface area contributed by atoms with E-state index in [0.29, 0.717) is 12.1 Å². The third kappa shape index (κ3) is 7.09. The molecule has 2 aromatic rings. The van der Waals surface area contributed by atoms with Gasteiger partial charge in [-0.25, -0.2) is 4.79 Å². The minimum atomic E-state index is -0.330. The van der Waals surface area contributed by atoms with E-state index in [1.165, 1.54) is 25.5 Å². The second kappa shape index (κ2) is 13.3. The van der Waals surface area contributed by atoms with Gasteiger partial charge in [0.05, 0.1) is 25.8 Å². The van der Waals surface area contributed by atoms with Crippen LogP contribution in [-0.2, 0) is 11.3 Å². The summed E-state index contributed by atoms with van der Waals surface area (Å²) in [4.78, 5) is 18.5. The summed E-state index contributed by atoms with van der Waals surface area (Å²) in [6.45, 7) is 3.58. The van der Waals surface area contributed by atoms with Crippen LogP contribution in [0.1, 0.15) is 40.4 Å². The average Bonchev–Trinajstić information content (AvgIpc) is 3.36. The lowest BCUT2D eigenvalue weighted by Crippen LogP contribution is -2.42. The number of carbonyl (C=O) groups excluding carboxylic acids is 1. The zero-order valence-electron chi connectivity index (χ0n) is 19.0. The summed E-state index contributed by atoms with van der Waals surface area (Å²) in [5.74, 6) is 1.28. The molecule has 1 unspecified atom stereocenters. The highest BCUT2D eigenvalue weighted by Crippen LogP contribution is 2.26. The lowest BCUT2D eigenvalue weighted by Gasteiger charge is -2.29. The summed E-state index contributed by atoms with van der Waals surface area (Å²) in [5, 5.41) is 6.82. The van der Waals surface area contributed by atoms with Crippen LogP contribution in [0.25, 0.3) is 0 Å². The fraction of sp³-hybridized carbons (Fsp3) is 0.417. The molecule has 2 aromatic carbocycles. The number of guanidine groups is 1. The molecule has 1 aliphatic heterocycles. The smallest absolute Gasteiger partial charge is 0.337 e. The Labute approximate surface area is 207 Å². The van der Waals surface area contributed by atoms with Crippen LogP contribution in [0.3, 0.4) is 0 Å². The van der Waals surface area contributed by atoms with Gasteiger partial charge in [-0.3, -0.25) is 9.89 Å². The van der Waals surface area contributed by atoms with E-state index in [1.54, 1.807) is 26.3 Å². The number of ether oxygens (including phenoxy) is 2. The molecular formula is C24H33IN4O3. The van der Waals surface area contributed by atoms with Gasteiger partial charge in [0, 0.05) is 20.1 Å². The molecule has 8 heteroatoms. The number of hydrogen-bond donors (Lipinski definition) is 2. The van der Waals surface area contributed by atoms with Crippen molar-refractivity contribution in [3.05, 3.63) is 65.2 Å². The standard InChI is InChI=1S/C24H32N4O3.HI/c1-25-24(26-16-18-6-8-20(9-7-18)23(29)31-3)27-17-22(28-14-4-5-15-28)19-10-12-21(30-2)13-11-19;/h6-13,22H,4-5,14-17H2,1-3H3,(H2,25,26,27);1H. The molecule has 0 saturated carbocycles. The topological polar surface area (TPSA) is 75.2 Å². The van der Waals surface area contributed by atoms with Crippen molar-refractivity contribution in [2.45, 2.75) is 25.4 Å². The quantitative estimate of drug-likeness (QED) is 0.226. The van der Waals surface area contributed by atoms with Crippen molar-refractivity contribution in [1.82, 2.24) is 15.5 Å². The first-order valence-electron chi connectivity index (χ1n) is 10.6. The lowest BCUT2D eigenvalue weighted by atomic mass is 10.1. The molecule has 174 valence electrons. The van der Waals surface area contributed by atoms with Crippen LogP contribution < -0.4 is 15.4 Å². The molecule has 0 amide bonds. The Balaban J connectivity index is 0.00000363. The minimum absolute atomic E-state index is 0. The van der Waals surface area contributed by atoms with Gasteiger partial charge in [-0.2, -0.15) is 0 Å². The first-order valence-corrected chi connectivity index (χ1v) is 10.6. The van der Waals surface area contributed by atoms with Gasteiger partial charge in [0.25, 0.3) is 0 Å². The Morgan fingerprint density at radius 2 is 1.69 bits per heavy atom. The molecule has 1 saturated heterocycles. The summed E-state index contributed by atoms with van der Waals surface area (Å²) in [7, 11) is 4.84. The summed E-state index contributed by atoms with van der Waals surface area (Å²) in [5.41, 5.74) is 2.87. The zero-order valence-corrected chi connectivity index (χ0v) is 21.3. The van der Waals surface area contributed by atoms with Crippen molar-refractivity contribution in [2.75, 3.05) is 40.9 Å². The fourth-order valence-electron chi connectivity index (χ4n) is 3.81. The summed E-state index contributed by atoms with van der Waals surface area (Å²) >= 11 is 0. The predicted molar refractivity (Wildman–Crippen MR) is 138 cm³/mol. The van der Waals surface area contributed by atoms with Gasteiger partial charge >= 0.3 is 5.97 Å². The number of halogens is 1. The van der Waals surface area contributed by atoms with Crippen LogP contribution in [0, 0.1) is 0 Å². The van der Waals surface area contributed by atoms with Gasteiger partial charge in [-0.1, -0.05) is 24.3 Å². The number of hydrogen-bond acceptors (Lipinski definition) is 5. The Morgan fingerprint density at radius 1 is 1.03 bits per heavy atom. The van der Waals surface area contributed by atoms with E-state index in [9.17, 15) is 4.79 Å². The van der Waals surface area contributed by atoms with Crippen LogP contribution >= 0.6 is 24.0 Å². The van der Waals surface area contributed by atoms with Gasteiger partial charge in [0.15, 0.2) is 5.96 Å². The zero-order chi connectivity index (χ0) is 22.1. The number of carbonyl (C=O) groups is 1. The van der Waals surface area contributed by atoms with E-state index >= 15 is 0 Å². The van der Waals surface area contributed by atoms with Crippen molar-refractivity contribution < 1.29 is 14.3 Å². The minimum Gasteiger partial charge on any atom is -0.497 e. The monoisotopic (exact) mass is 552 g/mol. The molecule has 1 aliphatic rings. The van der Waals surface area contributed by atoms with Crippen LogP contribution in [0.5, 0.6) is 5.75 Å². The number of aliphatic imine (C=N–C) groups is 1. The molecule has 32 heavy (non-hydrogen) atoms. The average molecular weight is 552 g/mol. The predicted octanol–water partition coefficient (Wildman–Crippen LogP) is 3.60. The van der Waals surface area contributed by atoms with Gasteiger partial charge in [0.2, 0.25) is 0 Å². The first-order chi connectivity index (χ1) is 15.1. The third-order valence-electron chi connectivity index (χ3n) is 5.60. The second-order valence-corrected chi connectivity index (χ2v) is 7.53. The number of methoxy groups -OCH3 is 2. The molecule has 1 heterocycles. The molecule has 7 nitrogen and oxygen atoms in total. The molecule has 3 rings (SSSR count). The van der Waals surface area contributed by atoms with E-state index in [-0.39, 0.29) is 36.0 Å². The Morgan fingerprint density at radius 3 is 2.25 bits per heavy atom. The van der Waals surface area contributed by atoms with E-state index < -0.39 is 0 Å². The van der Waals surface area contributed by atoms with Crippen LogP contribution in [-0.4, -0.2) is 57.7 Å². The summed E-state index contributed by atoms with van der Waals surface area (Å²) < 4.78 is 10.0. The van der Waals surface area contributed by atoms with E-state index in [1.807, 2.05) is 24.3 Å². The number of nitrogens with zero attached hydrogens (tertiary/aromatic N) is 2. The lowest BCUT2D eigenvalue weighted by molar-refractivity contribution is 0.0600. The summed E-state index contributed by atoms with van der Waals surface area (Å²) in [6, 6.07) is 16.0. The maximum atomic E-state index is 11.6. The van der Waals surface area contributed by atoms with Crippen LogP contribution in [0.2, 0.25) is 0 Å². The number of esters is 1. The van der Waals surface area contributed by atoms with Crippen molar-refractivity contribution >= 4 is 35.9 Å². The van der Waals surface area contributed by atoms with Crippen molar-refractivity contribution in [1.29, 1.82) is 0 Å². The van der Waals surface area contributed by atoms with E-state index in [4.69, 9.17) is 9.47 Å². The van der Waals surface area contributed by atoms with Crippen LogP contribution in [0.15, 0.2) is 53.5 Å². The van der Waals surface area contributed by atoms with E-state index in [0.717, 1.165) is 36.9 Å². The number of nitrogens with one attached hydrogen (secondary N) is 2. The number of benzene rings is 2. The Hall–Kier alpha value is -2.33. The highest BCUT2D eigenvalue weighted by Gasteiger charge is 2.23. The fourth-order valence-corrected chi connectivity index (χ4v) is 3.81. The number of rotatable bonds is 8. The van der Waals surface area contributed by atoms with E-state index in [2.05, 4.69) is 32.7 Å². The molecular weight excluding hydrogens is 519 g/mol.